The van der Waals surface area contributed by atoms with Gasteiger partial charge >= 0.3 is 0 Å². The van der Waals surface area contributed by atoms with Crippen LogP contribution in [-0.4, -0.2) is 11.5 Å². The predicted molar refractivity (Wildman–Crippen MR) is 44.7 cm³/mol. The van der Waals surface area contributed by atoms with Crippen LogP contribution in [0.2, 0.25) is 0 Å². The third-order valence-electron chi connectivity index (χ3n) is 1.29. The number of pyridine rings is 1. The average Bonchev–Trinajstić information content (AvgIpc) is 1.98. The van der Waals surface area contributed by atoms with Crippen molar-refractivity contribution in [3.63, 3.8) is 0 Å². The van der Waals surface area contributed by atoms with Gasteiger partial charge < -0.3 is 5.73 Å². The maximum absolute atomic E-state index is 12.8. The van der Waals surface area contributed by atoms with Gasteiger partial charge in [0.1, 0.15) is 0 Å². The van der Waals surface area contributed by atoms with E-state index in [-0.39, 0.29) is 0 Å². The van der Waals surface area contributed by atoms with E-state index >= 15 is 0 Å². The normalized spacial score (nSPS) is 10.1. The zero-order chi connectivity index (χ0) is 8.27. The molecule has 0 saturated heterocycles. The number of nitrogens with zero attached hydrogens (tertiary/aromatic N) is 1. The van der Waals surface area contributed by atoms with Crippen LogP contribution in [0.15, 0.2) is 16.7 Å². The summed E-state index contributed by atoms with van der Waals surface area (Å²) in [7, 11) is 0. The highest BCUT2D eigenvalue weighted by atomic mass is 79.9. The first kappa shape index (κ1) is 8.62. The Morgan fingerprint density at radius 3 is 3.00 bits per heavy atom. The number of hydrogen-bond acceptors (Lipinski definition) is 2. The first-order valence-corrected chi connectivity index (χ1v) is 4.03. The Labute approximate surface area is 72.8 Å². The van der Waals surface area contributed by atoms with E-state index in [0.717, 1.165) is 4.47 Å². The minimum Gasteiger partial charge on any atom is -0.330 e. The van der Waals surface area contributed by atoms with Crippen molar-refractivity contribution in [3.8, 4) is 0 Å². The molecule has 1 aromatic rings. The Morgan fingerprint density at radius 1 is 1.64 bits per heavy atom. The van der Waals surface area contributed by atoms with Crippen molar-refractivity contribution in [1.29, 1.82) is 0 Å². The summed E-state index contributed by atoms with van der Waals surface area (Å²) in [5.41, 5.74) is 5.83. The van der Waals surface area contributed by atoms with Crippen molar-refractivity contribution in [3.05, 3.63) is 28.2 Å². The standard InChI is InChI=1S/C7H8BrFN2/c8-6-3-5(1-2-10)7(9)11-4-6/h3-4H,1-2,10H2. The second-order valence-electron chi connectivity index (χ2n) is 2.14. The number of aromatic nitrogens is 1. The molecule has 0 aromatic carbocycles. The van der Waals surface area contributed by atoms with E-state index in [2.05, 4.69) is 20.9 Å². The molecule has 60 valence electrons. The van der Waals surface area contributed by atoms with Crippen LogP contribution < -0.4 is 5.73 Å². The first-order chi connectivity index (χ1) is 5.24. The SMILES string of the molecule is NCCc1cc(Br)cnc1F. The zero-order valence-electron chi connectivity index (χ0n) is 5.85. The van der Waals surface area contributed by atoms with Crippen LogP contribution in [-0.2, 0) is 6.42 Å². The van der Waals surface area contributed by atoms with Gasteiger partial charge in [-0.15, -0.1) is 0 Å². The largest absolute Gasteiger partial charge is 0.330 e. The van der Waals surface area contributed by atoms with Crippen molar-refractivity contribution in [2.24, 2.45) is 5.73 Å². The van der Waals surface area contributed by atoms with E-state index in [1.165, 1.54) is 6.20 Å². The molecular formula is C7H8BrFN2. The fourth-order valence-corrected chi connectivity index (χ4v) is 1.17. The summed E-state index contributed by atoms with van der Waals surface area (Å²) < 4.78 is 13.5. The van der Waals surface area contributed by atoms with Crippen LogP contribution in [0.25, 0.3) is 0 Å². The van der Waals surface area contributed by atoms with Gasteiger partial charge in [-0.1, -0.05) is 0 Å². The van der Waals surface area contributed by atoms with E-state index in [1.807, 2.05) is 0 Å². The molecule has 2 N–H and O–H groups in total. The average molecular weight is 219 g/mol. The number of rotatable bonds is 2. The molecule has 1 aromatic heterocycles. The number of hydrogen-bond donors (Lipinski definition) is 1. The van der Waals surface area contributed by atoms with Crippen molar-refractivity contribution in [2.75, 3.05) is 6.54 Å². The summed E-state index contributed by atoms with van der Waals surface area (Å²) in [6.07, 6.45) is 1.95. The van der Waals surface area contributed by atoms with Gasteiger partial charge in [-0.25, -0.2) is 4.98 Å². The molecule has 0 amide bonds. The lowest BCUT2D eigenvalue weighted by Gasteiger charge is -1.99. The smallest absolute Gasteiger partial charge is 0.216 e. The maximum Gasteiger partial charge on any atom is 0.216 e. The lowest BCUT2D eigenvalue weighted by atomic mass is 10.2. The molecule has 0 bridgehead atoms. The van der Waals surface area contributed by atoms with Gasteiger partial charge in [0.2, 0.25) is 5.95 Å². The molecule has 4 heteroatoms. The summed E-state index contributed by atoms with van der Waals surface area (Å²) in [6, 6.07) is 1.69. The molecule has 11 heavy (non-hydrogen) atoms. The van der Waals surface area contributed by atoms with Crippen LogP contribution in [0.5, 0.6) is 0 Å². The van der Waals surface area contributed by atoms with Crippen molar-refractivity contribution < 1.29 is 4.39 Å². The molecular weight excluding hydrogens is 211 g/mol. The van der Waals surface area contributed by atoms with Crippen molar-refractivity contribution in [1.82, 2.24) is 4.98 Å². The van der Waals surface area contributed by atoms with Crippen LogP contribution in [0.3, 0.4) is 0 Å². The van der Waals surface area contributed by atoms with Crippen LogP contribution in [0, 0.1) is 5.95 Å². The van der Waals surface area contributed by atoms with Gasteiger partial charge in [-0.3, -0.25) is 0 Å². The maximum atomic E-state index is 12.8. The van der Waals surface area contributed by atoms with Crippen LogP contribution in [0.4, 0.5) is 4.39 Å². The first-order valence-electron chi connectivity index (χ1n) is 3.24. The monoisotopic (exact) mass is 218 g/mol. The van der Waals surface area contributed by atoms with Gasteiger partial charge in [0.15, 0.2) is 0 Å². The molecule has 0 unspecified atom stereocenters. The van der Waals surface area contributed by atoms with E-state index in [4.69, 9.17) is 5.73 Å². The van der Waals surface area contributed by atoms with Gasteiger partial charge in [-0.05, 0) is 35.0 Å². The van der Waals surface area contributed by atoms with E-state index in [1.54, 1.807) is 6.07 Å². The lowest BCUT2D eigenvalue weighted by Crippen LogP contribution is -2.05. The van der Waals surface area contributed by atoms with Crippen molar-refractivity contribution in [2.45, 2.75) is 6.42 Å². The van der Waals surface area contributed by atoms with Gasteiger partial charge in [0, 0.05) is 16.2 Å². The van der Waals surface area contributed by atoms with E-state index < -0.39 is 5.95 Å². The predicted octanol–water partition coefficient (Wildman–Crippen LogP) is 1.48. The molecule has 2 nitrogen and oxygen atoms in total. The zero-order valence-corrected chi connectivity index (χ0v) is 7.44. The highest BCUT2D eigenvalue weighted by Gasteiger charge is 2.01. The minimum atomic E-state index is -0.432. The highest BCUT2D eigenvalue weighted by Crippen LogP contribution is 2.12. The van der Waals surface area contributed by atoms with Gasteiger partial charge in [0.05, 0.1) is 0 Å². The number of nitrogens with two attached hydrogens (primary N) is 1. The Balaban J connectivity index is 2.93. The quantitative estimate of drug-likeness (QED) is 0.765. The molecule has 0 aliphatic carbocycles. The molecule has 0 spiro atoms. The van der Waals surface area contributed by atoms with Crippen LogP contribution >= 0.6 is 15.9 Å². The fourth-order valence-electron chi connectivity index (χ4n) is 0.795. The molecule has 0 atom stereocenters. The van der Waals surface area contributed by atoms with Gasteiger partial charge in [0.25, 0.3) is 0 Å². The second kappa shape index (κ2) is 3.78. The molecule has 0 radical (unpaired) electrons. The molecule has 0 fully saturated rings. The summed E-state index contributed by atoms with van der Waals surface area (Å²) in [5.74, 6) is -0.432. The molecule has 0 saturated carbocycles. The summed E-state index contributed by atoms with van der Waals surface area (Å²) >= 11 is 3.20. The Kier molecular flexibility index (Phi) is 2.96. The highest BCUT2D eigenvalue weighted by molar-refractivity contribution is 9.10. The molecule has 1 rings (SSSR count). The Bertz CT molecular complexity index is 252. The minimum absolute atomic E-state index is 0.432. The lowest BCUT2D eigenvalue weighted by molar-refractivity contribution is 0.565. The van der Waals surface area contributed by atoms with E-state index in [9.17, 15) is 4.39 Å². The Hall–Kier alpha value is -0.480. The molecule has 0 aliphatic rings. The fraction of sp³-hybridized carbons (Fsp3) is 0.286. The Morgan fingerprint density at radius 2 is 2.36 bits per heavy atom. The van der Waals surface area contributed by atoms with Crippen LogP contribution in [0.1, 0.15) is 5.56 Å². The third kappa shape index (κ3) is 2.24. The second-order valence-corrected chi connectivity index (χ2v) is 3.06. The molecule has 0 aliphatic heterocycles. The summed E-state index contributed by atoms with van der Waals surface area (Å²) in [4.78, 5) is 3.53. The van der Waals surface area contributed by atoms with E-state index in [0.29, 0.717) is 18.5 Å². The molecule has 1 heterocycles. The number of halogens is 2. The van der Waals surface area contributed by atoms with Gasteiger partial charge in [-0.2, -0.15) is 4.39 Å². The third-order valence-corrected chi connectivity index (χ3v) is 1.73. The summed E-state index contributed by atoms with van der Waals surface area (Å²) in [6.45, 7) is 0.440. The van der Waals surface area contributed by atoms with Crippen molar-refractivity contribution >= 4 is 15.9 Å². The topological polar surface area (TPSA) is 38.9 Å². The summed E-state index contributed by atoms with van der Waals surface area (Å²) in [5, 5.41) is 0.